The normalized spacial score (nSPS) is 17.5. The van der Waals surface area contributed by atoms with Crippen molar-refractivity contribution >= 4 is 23.4 Å². The van der Waals surface area contributed by atoms with Gasteiger partial charge in [0.25, 0.3) is 5.91 Å². The Morgan fingerprint density at radius 1 is 1.29 bits per heavy atom. The molecule has 0 aromatic heterocycles. The molecule has 2 rings (SSSR count). The highest BCUT2D eigenvalue weighted by atomic mass is 32.2. The predicted octanol–water partition coefficient (Wildman–Crippen LogP) is 3.34. The number of carbonyl (C=O) groups excluding carboxylic acids is 1. The summed E-state index contributed by atoms with van der Waals surface area (Å²) in [7, 11) is 0. The molecule has 1 aromatic rings. The first-order valence-electron chi connectivity index (χ1n) is 7.05. The highest BCUT2D eigenvalue weighted by Crippen LogP contribution is 2.38. The number of hydrogen-bond acceptors (Lipinski definition) is 3. The molecule has 0 bridgehead atoms. The van der Waals surface area contributed by atoms with Crippen molar-refractivity contribution in [1.29, 1.82) is 0 Å². The lowest BCUT2D eigenvalue weighted by molar-refractivity contribution is 0.0946. The van der Waals surface area contributed by atoms with E-state index in [0.29, 0.717) is 6.54 Å². The average Bonchev–Trinajstić information content (AvgIpc) is 2.50. The summed E-state index contributed by atoms with van der Waals surface area (Å²) >= 11 is 1.76. The Bertz CT molecular complexity index is 507. The van der Waals surface area contributed by atoms with Gasteiger partial charge in [-0.25, -0.2) is 8.78 Å². The van der Waals surface area contributed by atoms with Crippen molar-refractivity contribution in [3.8, 4) is 0 Å². The summed E-state index contributed by atoms with van der Waals surface area (Å²) < 4.78 is 26.8. The summed E-state index contributed by atoms with van der Waals surface area (Å²) in [6.45, 7) is 0.514. The van der Waals surface area contributed by atoms with E-state index < -0.39 is 23.2 Å². The van der Waals surface area contributed by atoms with E-state index in [0.717, 1.165) is 37.8 Å². The number of anilines is 1. The zero-order valence-electron chi connectivity index (χ0n) is 12.0. The van der Waals surface area contributed by atoms with Gasteiger partial charge in [-0.3, -0.25) is 4.79 Å². The third-order valence-electron chi connectivity index (χ3n) is 4.11. The number of carbonyl (C=O) groups is 1. The fourth-order valence-electron chi connectivity index (χ4n) is 2.71. The lowest BCUT2D eigenvalue weighted by atomic mass is 9.88. The third-order valence-corrected chi connectivity index (χ3v) is 5.53. The van der Waals surface area contributed by atoms with Gasteiger partial charge < -0.3 is 11.1 Å². The SMILES string of the molecule is CSC1(CNC(=O)c2cc(F)c(N)c(F)c2)CCCCC1. The van der Waals surface area contributed by atoms with E-state index in [1.54, 1.807) is 11.8 Å². The van der Waals surface area contributed by atoms with Crippen LogP contribution >= 0.6 is 11.8 Å². The van der Waals surface area contributed by atoms with Gasteiger partial charge in [0.1, 0.15) is 17.3 Å². The van der Waals surface area contributed by atoms with Crippen molar-refractivity contribution in [3.05, 3.63) is 29.3 Å². The van der Waals surface area contributed by atoms with E-state index in [-0.39, 0.29) is 10.3 Å². The molecule has 1 amide bonds. The topological polar surface area (TPSA) is 55.1 Å². The van der Waals surface area contributed by atoms with Crippen LogP contribution in [0.25, 0.3) is 0 Å². The van der Waals surface area contributed by atoms with Crippen molar-refractivity contribution in [3.63, 3.8) is 0 Å². The Hall–Kier alpha value is -1.30. The molecule has 0 saturated heterocycles. The Kier molecular flexibility index (Phi) is 5.08. The third kappa shape index (κ3) is 3.67. The van der Waals surface area contributed by atoms with E-state index >= 15 is 0 Å². The molecule has 1 aromatic carbocycles. The highest BCUT2D eigenvalue weighted by Gasteiger charge is 2.31. The molecule has 21 heavy (non-hydrogen) atoms. The zero-order valence-corrected chi connectivity index (χ0v) is 12.9. The number of nitrogen functional groups attached to an aromatic ring is 1. The Labute approximate surface area is 127 Å². The van der Waals surface area contributed by atoms with Gasteiger partial charge in [0, 0.05) is 16.9 Å². The number of nitrogens with two attached hydrogens (primary N) is 1. The van der Waals surface area contributed by atoms with Crippen molar-refractivity contribution in [2.75, 3.05) is 18.5 Å². The highest BCUT2D eigenvalue weighted by molar-refractivity contribution is 8.00. The quantitative estimate of drug-likeness (QED) is 0.838. The number of hydrogen-bond donors (Lipinski definition) is 2. The monoisotopic (exact) mass is 314 g/mol. The van der Waals surface area contributed by atoms with Crippen LogP contribution in [0.3, 0.4) is 0 Å². The smallest absolute Gasteiger partial charge is 0.251 e. The van der Waals surface area contributed by atoms with Gasteiger partial charge in [-0.2, -0.15) is 11.8 Å². The largest absolute Gasteiger partial charge is 0.394 e. The lowest BCUT2D eigenvalue weighted by Crippen LogP contribution is -2.41. The van der Waals surface area contributed by atoms with Crippen LogP contribution in [0.15, 0.2) is 12.1 Å². The first-order valence-corrected chi connectivity index (χ1v) is 8.28. The second kappa shape index (κ2) is 6.64. The molecule has 0 heterocycles. The second-order valence-corrected chi connectivity index (χ2v) is 6.76. The molecule has 1 fully saturated rings. The van der Waals surface area contributed by atoms with E-state index in [1.807, 2.05) is 6.26 Å². The predicted molar refractivity (Wildman–Crippen MR) is 82.4 cm³/mol. The van der Waals surface area contributed by atoms with E-state index in [4.69, 9.17) is 5.73 Å². The van der Waals surface area contributed by atoms with Crippen LogP contribution in [0.5, 0.6) is 0 Å². The van der Waals surface area contributed by atoms with Crippen molar-refractivity contribution in [2.45, 2.75) is 36.9 Å². The molecule has 0 spiro atoms. The number of benzene rings is 1. The zero-order chi connectivity index (χ0) is 15.5. The van der Waals surface area contributed by atoms with Crippen LogP contribution < -0.4 is 11.1 Å². The van der Waals surface area contributed by atoms with Gasteiger partial charge in [0.2, 0.25) is 0 Å². The molecule has 0 radical (unpaired) electrons. The van der Waals surface area contributed by atoms with Crippen LogP contribution in [0.1, 0.15) is 42.5 Å². The number of thioether (sulfide) groups is 1. The molecule has 3 N–H and O–H groups in total. The van der Waals surface area contributed by atoms with Gasteiger partial charge in [0.05, 0.1) is 0 Å². The second-order valence-electron chi connectivity index (χ2n) is 5.48. The fourth-order valence-corrected chi connectivity index (χ4v) is 3.62. The maximum Gasteiger partial charge on any atom is 0.251 e. The maximum absolute atomic E-state index is 13.4. The molecular weight excluding hydrogens is 294 g/mol. The number of nitrogens with one attached hydrogen (secondary N) is 1. The molecular formula is C15H20F2N2OS. The van der Waals surface area contributed by atoms with Gasteiger partial charge in [-0.15, -0.1) is 0 Å². The number of halogens is 2. The standard InChI is InChI=1S/C15H20F2N2OS/c1-21-15(5-3-2-4-6-15)9-19-14(20)10-7-11(16)13(18)12(17)8-10/h7-8H,2-6,9,18H2,1H3,(H,19,20). The van der Waals surface area contributed by atoms with Gasteiger partial charge in [-0.1, -0.05) is 19.3 Å². The summed E-state index contributed by atoms with van der Waals surface area (Å²) in [5.41, 5.74) is 4.61. The van der Waals surface area contributed by atoms with Crippen molar-refractivity contribution < 1.29 is 13.6 Å². The molecule has 0 aliphatic heterocycles. The van der Waals surface area contributed by atoms with E-state index in [9.17, 15) is 13.6 Å². The minimum atomic E-state index is -0.905. The van der Waals surface area contributed by atoms with Gasteiger partial charge in [-0.05, 0) is 31.2 Å². The first-order chi connectivity index (χ1) is 9.97. The Balaban J connectivity index is 2.04. The fraction of sp³-hybridized carbons (Fsp3) is 0.533. The average molecular weight is 314 g/mol. The molecule has 116 valence electrons. The Morgan fingerprint density at radius 2 is 1.86 bits per heavy atom. The lowest BCUT2D eigenvalue weighted by Gasteiger charge is -2.35. The molecule has 6 heteroatoms. The van der Waals surface area contributed by atoms with Gasteiger partial charge in [0.15, 0.2) is 0 Å². The number of amides is 1. The van der Waals surface area contributed by atoms with E-state index in [2.05, 4.69) is 5.32 Å². The molecule has 0 atom stereocenters. The minimum Gasteiger partial charge on any atom is -0.394 e. The van der Waals surface area contributed by atoms with Crippen LogP contribution in [-0.2, 0) is 0 Å². The van der Waals surface area contributed by atoms with Crippen LogP contribution in [-0.4, -0.2) is 23.5 Å². The van der Waals surface area contributed by atoms with E-state index in [1.165, 1.54) is 6.42 Å². The summed E-state index contributed by atoms with van der Waals surface area (Å²) in [4.78, 5) is 12.1. The van der Waals surface area contributed by atoms with Crippen molar-refractivity contribution in [1.82, 2.24) is 5.32 Å². The summed E-state index contributed by atoms with van der Waals surface area (Å²) in [5.74, 6) is -2.28. The summed E-state index contributed by atoms with van der Waals surface area (Å²) in [5, 5.41) is 2.80. The minimum absolute atomic E-state index is 0.0359. The number of rotatable bonds is 4. The molecule has 3 nitrogen and oxygen atoms in total. The molecule has 1 aliphatic rings. The van der Waals surface area contributed by atoms with Crippen LogP contribution in [0, 0.1) is 11.6 Å². The summed E-state index contributed by atoms with van der Waals surface area (Å²) in [6.07, 6.45) is 7.69. The molecule has 1 aliphatic carbocycles. The molecule has 0 unspecified atom stereocenters. The van der Waals surface area contributed by atoms with Crippen LogP contribution in [0.2, 0.25) is 0 Å². The Morgan fingerprint density at radius 3 is 2.38 bits per heavy atom. The molecule has 1 saturated carbocycles. The van der Waals surface area contributed by atoms with Crippen LogP contribution in [0.4, 0.5) is 14.5 Å². The van der Waals surface area contributed by atoms with Crippen molar-refractivity contribution in [2.24, 2.45) is 0 Å². The van der Waals surface area contributed by atoms with Gasteiger partial charge >= 0.3 is 0 Å². The maximum atomic E-state index is 13.4. The summed E-state index contributed by atoms with van der Waals surface area (Å²) in [6, 6.07) is 1.95. The first kappa shape index (κ1) is 16.1.